The van der Waals surface area contributed by atoms with Gasteiger partial charge in [-0.15, -0.1) is 0 Å². The zero-order valence-electron chi connectivity index (χ0n) is 10.6. The molecule has 0 aromatic heterocycles. The highest BCUT2D eigenvalue weighted by molar-refractivity contribution is 5.12. The molecule has 0 saturated heterocycles. The Morgan fingerprint density at radius 1 is 1.62 bits per heavy atom. The van der Waals surface area contributed by atoms with E-state index in [1.54, 1.807) is 0 Å². The normalized spacial score (nSPS) is 21.8. The van der Waals surface area contributed by atoms with Gasteiger partial charge in [-0.1, -0.05) is 35.5 Å². The number of aliphatic hydroxyl groups is 1. The first-order valence-corrected chi connectivity index (χ1v) is 6.23. The first-order valence-electron chi connectivity index (χ1n) is 6.23. The van der Waals surface area contributed by atoms with Gasteiger partial charge in [-0.05, 0) is 51.9 Å². The molecular weight excluding hydrogens is 196 g/mol. The molecule has 1 N–H and O–H groups in total. The molecule has 0 spiro atoms. The lowest BCUT2D eigenvalue weighted by molar-refractivity contribution is 0.331. The van der Waals surface area contributed by atoms with Crippen molar-refractivity contribution >= 4 is 0 Å². The van der Waals surface area contributed by atoms with Gasteiger partial charge in [-0.3, -0.25) is 0 Å². The molecule has 16 heavy (non-hydrogen) atoms. The van der Waals surface area contributed by atoms with Crippen LogP contribution in [0.3, 0.4) is 0 Å². The van der Waals surface area contributed by atoms with Gasteiger partial charge in [0, 0.05) is 0 Å². The van der Waals surface area contributed by atoms with Crippen molar-refractivity contribution in [3.63, 3.8) is 0 Å². The lowest BCUT2D eigenvalue weighted by Crippen LogP contribution is -2.07. The summed E-state index contributed by atoms with van der Waals surface area (Å²) in [6, 6.07) is 0. The lowest BCUT2D eigenvalue weighted by atomic mass is 9.84. The minimum absolute atomic E-state index is 0.178. The molecule has 0 aromatic rings. The van der Waals surface area contributed by atoms with Crippen molar-refractivity contribution in [3.8, 4) is 0 Å². The van der Waals surface area contributed by atoms with Crippen molar-refractivity contribution in [1.29, 1.82) is 0 Å². The Kier molecular flexibility index (Phi) is 5.54. The third-order valence-corrected chi connectivity index (χ3v) is 3.42. The number of hydrogen-bond acceptors (Lipinski definition) is 1. The second-order valence-electron chi connectivity index (χ2n) is 4.93. The van der Waals surface area contributed by atoms with Crippen LogP contribution in [0, 0.1) is 5.92 Å². The molecule has 1 aliphatic carbocycles. The summed E-state index contributed by atoms with van der Waals surface area (Å²) in [6.07, 6.45) is 10.2. The summed E-state index contributed by atoms with van der Waals surface area (Å²) in [5.41, 5.74) is 3.97. The Bertz CT molecular complexity index is 297. The van der Waals surface area contributed by atoms with Crippen LogP contribution in [-0.2, 0) is 0 Å². The minimum Gasteiger partial charge on any atom is -0.392 e. The monoisotopic (exact) mass is 220 g/mol. The average Bonchev–Trinajstić information content (AvgIpc) is 2.29. The lowest BCUT2D eigenvalue weighted by Gasteiger charge is -2.22. The summed E-state index contributed by atoms with van der Waals surface area (Å²) in [5.74, 6) is 0.687. The molecule has 0 amide bonds. The maximum Gasteiger partial charge on any atom is 0.0639 e. The maximum atomic E-state index is 8.88. The SMILES string of the molecule is C=C(CC/C=C(\C)CO)[C@H]1CC=C(C)CC1. The van der Waals surface area contributed by atoms with Crippen LogP contribution in [0.4, 0.5) is 0 Å². The van der Waals surface area contributed by atoms with Gasteiger partial charge in [-0.25, -0.2) is 0 Å². The summed E-state index contributed by atoms with van der Waals surface area (Å²) in [4.78, 5) is 0. The average molecular weight is 220 g/mol. The van der Waals surface area contributed by atoms with E-state index in [0.717, 1.165) is 18.4 Å². The van der Waals surface area contributed by atoms with Crippen LogP contribution in [0.15, 0.2) is 35.5 Å². The van der Waals surface area contributed by atoms with Crippen molar-refractivity contribution < 1.29 is 5.11 Å². The minimum atomic E-state index is 0.178. The maximum absolute atomic E-state index is 8.88. The Hall–Kier alpha value is -0.820. The molecule has 0 radical (unpaired) electrons. The predicted octanol–water partition coefficient (Wildman–Crippen LogP) is 4.01. The topological polar surface area (TPSA) is 20.2 Å². The molecule has 1 atom stereocenters. The van der Waals surface area contributed by atoms with Crippen LogP contribution in [0.2, 0.25) is 0 Å². The number of hydrogen-bond donors (Lipinski definition) is 1. The van der Waals surface area contributed by atoms with E-state index in [-0.39, 0.29) is 6.61 Å². The first-order chi connectivity index (χ1) is 7.63. The number of rotatable bonds is 5. The van der Waals surface area contributed by atoms with Gasteiger partial charge in [0.15, 0.2) is 0 Å². The zero-order valence-corrected chi connectivity index (χ0v) is 10.6. The van der Waals surface area contributed by atoms with E-state index in [1.807, 2.05) is 6.92 Å². The van der Waals surface area contributed by atoms with E-state index in [4.69, 9.17) is 5.11 Å². The number of aliphatic hydroxyl groups excluding tert-OH is 1. The Morgan fingerprint density at radius 3 is 2.94 bits per heavy atom. The van der Waals surface area contributed by atoms with E-state index in [1.165, 1.54) is 30.4 Å². The van der Waals surface area contributed by atoms with E-state index in [9.17, 15) is 0 Å². The van der Waals surface area contributed by atoms with Gasteiger partial charge < -0.3 is 5.11 Å². The second-order valence-corrected chi connectivity index (χ2v) is 4.93. The molecule has 0 fully saturated rings. The smallest absolute Gasteiger partial charge is 0.0639 e. The standard InChI is InChI=1S/C15H24O/c1-12-7-9-15(10-8-12)14(3)6-4-5-13(2)11-16/h5,7,15-16H,3-4,6,8-11H2,1-2H3/b13-5+/t15-/m0/s1. The van der Waals surface area contributed by atoms with Gasteiger partial charge in [0.1, 0.15) is 0 Å². The van der Waals surface area contributed by atoms with E-state index in [0.29, 0.717) is 5.92 Å². The molecule has 0 heterocycles. The van der Waals surface area contributed by atoms with Crippen LogP contribution in [0.25, 0.3) is 0 Å². The molecule has 1 heteroatoms. The van der Waals surface area contributed by atoms with Crippen LogP contribution in [0.5, 0.6) is 0 Å². The van der Waals surface area contributed by atoms with Gasteiger partial charge in [0.05, 0.1) is 6.61 Å². The van der Waals surface area contributed by atoms with Crippen LogP contribution in [0.1, 0.15) is 46.0 Å². The molecule has 0 unspecified atom stereocenters. The van der Waals surface area contributed by atoms with Gasteiger partial charge >= 0.3 is 0 Å². The molecular formula is C15H24O. The molecule has 0 aliphatic heterocycles. The van der Waals surface area contributed by atoms with Crippen molar-refractivity contribution in [2.75, 3.05) is 6.61 Å². The van der Waals surface area contributed by atoms with Crippen molar-refractivity contribution in [2.24, 2.45) is 5.92 Å². The fourth-order valence-electron chi connectivity index (χ4n) is 2.11. The summed E-state index contributed by atoms with van der Waals surface area (Å²) in [5, 5.41) is 8.88. The van der Waals surface area contributed by atoms with Crippen LogP contribution < -0.4 is 0 Å². The molecule has 0 saturated carbocycles. The fraction of sp³-hybridized carbons (Fsp3) is 0.600. The highest BCUT2D eigenvalue weighted by Crippen LogP contribution is 2.30. The molecule has 1 rings (SSSR count). The largest absolute Gasteiger partial charge is 0.392 e. The molecule has 0 bridgehead atoms. The fourth-order valence-corrected chi connectivity index (χ4v) is 2.11. The van der Waals surface area contributed by atoms with Gasteiger partial charge in [0.2, 0.25) is 0 Å². The summed E-state index contributed by atoms with van der Waals surface area (Å²) >= 11 is 0. The van der Waals surface area contributed by atoms with Gasteiger partial charge in [0.25, 0.3) is 0 Å². The zero-order chi connectivity index (χ0) is 12.0. The first kappa shape index (κ1) is 13.2. The third kappa shape index (κ3) is 4.36. The van der Waals surface area contributed by atoms with Crippen LogP contribution in [-0.4, -0.2) is 11.7 Å². The van der Waals surface area contributed by atoms with Crippen molar-refractivity contribution in [2.45, 2.75) is 46.0 Å². The highest BCUT2D eigenvalue weighted by Gasteiger charge is 2.14. The van der Waals surface area contributed by atoms with Crippen molar-refractivity contribution in [3.05, 3.63) is 35.5 Å². The van der Waals surface area contributed by atoms with E-state index < -0.39 is 0 Å². The molecule has 0 aromatic carbocycles. The quantitative estimate of drug-likeness (QED) is 0.694. The second kappa shape index (κ2) is 6.70. The predicted molar refractivity (Wildman–Crippen MR) is 70.3 cm³/mol. The summed E-state index contributed by atoms with van der Waals surface area (Å²) < 4.78 is 0. The Labute approximate surface area is 99.6 Å². The molecule has 90 valence electrons. The van der Waals surface area contributed by atoms with Crippen LogP contribution >= 0.6 is 0 Å². The van der Waals surface area contributed by atoms with E-state index in [2.05, 4.69) is 25.7 Å². The number of allylic oxidation sites excluding steroid dienone is 4. The molecule has 1 nitrogen and oxygen atoms in total. The third-order valence-electron chi connectivity index (χ3n) is 3.42. The Balaban J connectivity index is 2.31. The van der Waals surface area contributed by atoms with Gasteiger partial charge in [-0.2, -0.15) is 0 Å². The summed E-state index contributed by atoms with van der Waals surface area (Å²) in [6.45, 7) is 8.57. The molecule has 1 aliphatic rings. The highest BCUT2D eigenvalue weighted by atomic mass is 16.3. The van der Waals surface area contributed by atoms with Crippen molar-refractivity contribution in [1.82, 2.24) is 0 Å². The van der Waals surface area contributed by atoms with E-state index >= 15 is 0 Å². The Morgan fingerprint density at radius 2 is 2.38 bits per heavy atom. The summed E-state index contributed by atoms with van der Waals surface area (Å²) in [7, 11) is 0.